The van der Waals surface area contributed by atoms with Gasteiger partial charge in [0.15, 0.2) is 5.65 Å². The first kappa shape index (κ1) is 17.0. The molecule has 0 unspecified atom stereocenters. The zero-order valence-corrected chi connectivity index (χ0v) is 13.7. The lowest BCUT2D eigenvalue weighted by molar-refractivity contribution is -0.149. The first-order valence-electron chi connectivity index (χ1n) is 7.45. The van der Waals surface area contributed by atoms with Crippen LogP contribution >= 0.6 is 0 Å². The van der Waals surface area contributed by atoms with Crippen LogP contribution in [-0.4, -0.2) is 32.7 Å². The second kappa shape index (κ2) is 5.91. The topological polar surface area (TPSA) is 72.4 Å². The maximum atomic E-state index is 12.7. The molecule has 132 valence electrons. The number of alkyl halides is 3. The number of aryl methyl sites for hydroxylation is 2. The van der Waals surface area contributed by atoms with Crippen LogP contribution in [0.4, 0.5) is 13.2 Å². The average Bonchev–Trinajstić information content (AvgIpc) is 3.12. The molecule has 0 spiro atoms. The molecule has 1 N–H and O–H groups in total. The number of rotatable bonds is 3. The summed E-state index contributed by atoms with van der Waals surface area (Å²) in [4.78, 5) is 16.6. The van der Waals surface area contributed by atoms with Crippen molar-refractivity contribution < 1.29 is 22.4 Å². The number of nitrogens with zero attached hydrogens (tertiary/aromatic N) is 3. The van der Waals surface area contributed by atoms with Crippen molar-refractivity contribution in [2.24, 2.45) is 0 Å². The highest BCUT2D eigenvalue weighted by Gasteiger charge is 2.37. The summed E-state index contributed by atoms with van der Waals surface area (Å²) in [5.41, 5.74) is 2.09. The molecule has 1 amide bonds. The summed E-state index contributed by atoms with van der Waals surface area (Å²) in [6.45, 7) is 4.42. The van der Waals surface area contributed by atoms with E-state index in [9.17, 15) is 18.0 Å². The van der Waals surface area contributed by atoms with Gasteiger partial charge in [0.05, 0.1) is 11.9 Å². The van der Waals surface area contributed by atoms with Crippen LogP contribution in [-0.2, 0) is 0 Å². The molecule has 3 heterocycles. The molecule has 0 saturated heterocycles. The fourth-order valence-electron chi connectivity index (χ4n) is 2.36. The summed E-state index contributed by atoms with van der Waals surface area (Å²) in [5, 5.41) is 5.96. The first-order valence-corrected chi connectivity index (χ1v) is 7.45. The highest BCUT2D eigenvalue weighted by Crippen LogP contribution is 2.24. The van der Waals surface area contributed by atoms with Crippen LogP contribution in [0.5, 0.6) is 0 Å². The zero-order chi connectivity index (χ0) is 18.4. The fraction of sp³-hybridized carbons (Fsp3) is 0.312. The fourth-order valence-corrected chi connectivity index (χ4v) is 2.36. The molecule has 1 atom stereocenters. The number of aromatic nitrogens is 3. The quantitative estimate of drug-likeness (QED) is 0.785. The molecule has 0 aliphatic heterocycles. The molecule has 0 bridgehead atoms. The highest BCUT2D eigenvalue weighted by molar-refractivity contribution is 6.00. The number of nitrogens with one attached hydrogen (secondary N) is 1. The van der Waals surface area contributed by atoms with Crippen molar-refractivity contribution in [1.82, 2.24) is 19.9 Å². The second-order valence-corrected chi connectivity index (χ2v) is 5.76. The van der Waals surface area contributed by atoms with Gasteiger partial charge in [0.1, 0.15) is 23.6 Å². The van der Waals surface area contributed by atoms with Gasteiger partial charge >= 0.3 is 6.18 Å². The lowest BCUT2D eigenvalue weighted by Gasteiger charge is -2.16. The van der Waals surface area contributed by atoms with Crippen molar-refractivity contribution in [3.63, 3.8) is 0 Å². The Labute approximate surface area is 140 Å². The van der Waals surface area contributed by atoms with Crippen molar-refractivity contribution in [3.05, 3.63) is 41.6 Å². The van der Waals surface area contributed by atoms with Gasteiger partial charge in [-0.15, -0.1) is 0 Å². The predicted molar refractivity (Wildman–Crippen MR) is 83.1 cm³/mol. The van der Waals surface area contributed by atoms with Gasteiger partial charge in [-0.3, -0.25) is 4.79 Å². The third-order valence-electron chi connectivity index (χ3n) is 3.76. The van der Waals surface area contributed by atoms with Crippen LogP contribution in [0.25, 0.3) is 16.9 Å². The minimum absolute atomic E-state index is 0.0266. The van der Waals surface area contributed by atoms with Crippen LogP contribution in [0.15, 0.2) is 29.0 Å². The number of amides is 1. The SMILES string of the molecule is Cc1cc(-c2cc(C)n3ncc(C(=O)N[C@@H](C)C(F)(F)F)c3n2)co1. The van der Waals surface area contributed by atoms with Crippen LogP contribution in [0.3, 0.4) is 0 Å². The molecular formula is C16H15F3N4O2. The zero-order valence-electron chi connectivity index (χ0n) is 13.7. The lowest BCUT2D eigenvalue weighted by atomic mass is 10.2. The van der Waals surface area contributed by atoms with Crippen molar-refractivity contribution in [3.8, 4) is 11.3 Å². The number of furan rings is 1. The molecule has 3 aromatic rings. The maximum absolute atomic E-state index is 12.7. The average molecular weight is 352 g/mol. The molecular weight excluding hydrogens is 337 g/mol. The number of carbonyl (C=O) groups is 1. The van der Waals surface area contributed by atoms with Gasteiger partial charge in [-0.05, 0) is 32.9 Å². The van der Waals surface area contributed by atoms with Crippen LogP contribution in [0.1, 0.15) is 28.7 Å². The minimum Gasteiger partial charge on any atom is -0.469 e. The van der Waals surface area contributed by atoms with E-state index in [2.05, 4.69) is 10.1 Å². The van der Waals surface area contributed by atoms with E-state index in [0.29, 0.717) is 22.7 Å². The van der Waals surface area contributed by atoms with Gasteiger partial charge < -0.3 is 9.73 Å². The van der Waals surface area contributed by atoms with Crippen molar-refractivity contribution >= 4 is 11.6 Å². The van der Waals surface area contributed by atoms with Crippen molar-refractivity contribution in [2.45, 2.75) is 33.0 Å². The molecule has 9 heteroatoms. The highest BCUT2D eigenvalue weighted by atomic mass is 19.4. The normalized spacial score (nSPS) is 13.2. The Kier molecular flexibility index (Phi) is 4.02. The van der Waals surface area contributed by atoms with Gasteiger partial charge in [0.2, 0.25) is 0 Å². The van der Waals surface area contributed by atoms with Crippen LogP contribution in [0.2, 0.25) is 0 Å². The van der Waals surface area contributed by atoms with Crippen LogP contribution in [0, 0.1) is 13.8 Å². The Morgan fingerprint density at radius 1 is 1.32 bits per heavy atom. The molecule has 6 nitrogen and oxygen atoms in total. The Morgan fingerprint density at radius 2 is 2.04 bits per heavy atom. The molecule has 25 heavy (non-hydrogen) atoms. The van der Waals surface area contributed by atoms with Gasteiger partial charge in [-0.2, -0.15) is 18.3 Å². The molecule has 3 aromatic heterocycles. The monoisotopic (exact) mass is 352 g/mol. The van der Waals surface area contributed by atoms with Gasteiger partial charge in [-0.1, -0.05) is 0 Å². The lowest BCUT2D eigenvalue weighted by Crippen LogP contribution is -2.43. The molecule has 0 saturated carbocycles. The van der Waals surface area contributed by atoms with Gasteiger partial charge in [0.25, 0.3) is 5.91 Å². The minimum atomic E-state index is -4.53. The molecule has 0 aliphatic carbocycles. The molecule has 0 aliphatic rings. The second-order valence-electron chi connectivity index (χ2n) is 5.76. The van der Waals surface area contributed by atoms with Crippen molar-refractivity contribution in [1.29, 1.82) is 0 Å². The third-order valence-corrected chi connectivity index (χ3v) is 3.76. The number of halogens is 3. The maximum Gasteiger partial charge on any atom is 0.408 e. The van der Waals surface area contributed by atoms with Crippen molar-refractivity contribution in [2.75, 3.05) is 0 Å². The van der Waals surface area contributed by atoms with Gasteiger partial charge in [-0.25, -0.2) is 9.50 Å². The van der Waals surface area contributed by atoms with E-state index < -0.39 is 18.1 Å². The van der Waals surface area contributed by atoms with Crippen LogP contribution < -0.4 is 5.32 Å². The van der Waals surface area contributed by atoms with Gasteiger partial charge in [0, 0.05) is 11.3 Å². The molecule has 3 rings (SSSR count). The summed E-state index contributed by atoms with van der Waals surface area (Å²) in [6, 6.07) is 1.56. The van der Waals surface area contributed by atoms with E-state index in [4.69, 9.17) is 4.42 Å². The van der Waals surface area contributed by atoms with E-state index in [1.165, 1.54) is 17.0 Å². The standard InChI is InChI=1S/C16H15F3N4O2/c1-8-4-13(11-5-9(2)25-7-11)22-14-12(6-20-23(8)14)15(24)21-10(3)16(17,18)19/h4-7,10H,1-3H3,(H,21,24)/t10-/m0/s1. The number of fused-ring (bicyclic) bond motifs is 1. The molecule has 0 fully saturated rings. The first-order chi connectivity index (χ1) is 11.7. The van der Waals surface area contributed by atoms with E-state index in [1.54, 1.807) is 26.0 Å². The summed E-state index contributed by atoms with van der Waals surface area (Å²) in [5.74, 6) is -0.188. The molecule has 0 radical (unpaired) electrons. The summed E-state index contributed by atoms with van der Waals surface area (Å²) in [6.07, 6.45) is -1.80. The summed E-state index contributed by atoms with van der Waals surface area (Å²) in [7, 11) is 0. The Bertz CT molecular complexity index is 943. The van der Waals surface area contributed by atoms with E-state index in [1.807, 2.05) is 5.32 Å². The summed E-state index contributed by atoms with van der Waals surface area (Å²) >= 11 is 0. The summed E-state index contributed by atoms with van der Waals surface area (Å²) < 4.78 is 44.6. The Morgan fingerprint density at radius 3 is 2.64 bits per heavy atom. The number of hydrogen-bond donors (Lipinski definition) is 1. The smallest absolute Gasteiger partial charge is 0.408 e. The predicted octanol–water partition coefficient (Wildman–Crippen LogP) is 3.29. The Balaban J connectivity index is 2.02. The molecule has 0 aromatic carbocycles. The Hall–Kier alpha value is -2.84. The largest absolute Gasteiger partial charge is 0.469 e. The van der Waals surface area contributed by atoms with E-state index in [0.717, 1.165) is 6.92 Å². The number of hydrogen-bond acceptors (Lipinski definition) is 4. The third kappa shape index (κ3) is 3.21. The van der Waals surface area contributed by atoms with E-state index in [-0.39, 0.29) is 11.2 Å². The number of carbonyl (C=O) groups excluding carboxylic acids is 1. The van der Waals surface area contributed by atoms with E-state index >= 15 is 0 Å².